The van der Waals surface area contributed by atoms with Crippen LogP contribution in [0.2, 0.25) is 0 Å². The normalized spacial score (nSPS) is 22.5. The van der Waals surface area contributed by atoms with E-state index in [-0.39, 0.29) is 13.0 Å². The number of rotatable bonds is 39. The molecule has 0 aliphatic heterocycles. The van der Waals surface area contributed by atoms with Crippen molar-refractivity contribution in [3.05, 3.63) is 122 Å². The van der Waals surface area contributed by atoms with Crippen molar-refractivity contribution >= 4 is 13.8 Å². The molecule has 0 aromatic carbocycles. The second-order valence-corrected chi connectivity index (χ2v) is 17.6. The summed E-state index contributed by atoms with van der Waals surface area (Å²) in [6, 6.07) is 0. The number of hydrogen-bond acceptors (Lipinski definition) is 11. The minimum Gasteiger partial charge on any atom is -0.457 e. The minimum absolute atomic E-state index is 0.118. The smallest absolute Gasteiger partial charge is 0.457 e. The maximum absolute atomic E-state index is 12.8. The summed E-state index contributed by atoms with van der Waals surface area (Å²) in [5.74, 6) is -0.519. The Balaban J connectivity index is 2.43. The van der Waals surface area contributed by atoms with E-state index in [1.807, 2.05) is 0 Å². The highest BCUT2D eigenvalue weighted by Crippen LogP contribution is 2.47. The molecule has 0 bridgehead atoms. The largest absolute Gasteiger partial charge is 0.472 e. The Labute approximate surface area is 397 Å². The Kier molecular flexibility index (Phi) is 38.6. The van der Waals surface area contributed by atoms with E-state index in [1.165, 1.54) is 0 Å². The van der Waals surface area contributed by atoms with Crippen molar-refractivity contribution in [2.24, 2.45) is 0 Å². The van der Waals surface area contributed by atoms with Crippen molar-refractivity contribution in [1.29, 1.82) is 0 Å². The van der Waals surface area contributed by atoms with E-state index in [9.17, 15) is 39.8 Å². The van der Waals surface area contributed by atoms with Gasteiger partial charge in [-0.1, -0.05) is 155 Å². The van der Waals surface area contributed by atoms with Gasteiger partial charge < -0.3 is 39.9 Å². The summed E-state index contributed by atoms with van der Waals surface area (Å²) in [6.45, 7) is 3.91. The van der Waals surface area contributed by atoms with Gasteiger partial charge in [-0.3, -0.25) is 13.8 Å². The van der Waals surface area contributed by atoms with E-state index in [2.05, 4.69) is 135 Å². The monoisotopic (exact) mass is 945 g/mol. The third-order valence-corrected chi connectivity index (χ3v) is 11.3. The van der Waals surface area contributed by atoms with E-state index in [0.29, 0.717) is 13.0 Å². The highest BCUT2D eigenvalue weighted by Gasteiger charge is 2.51. The molecule has 1 aliphatic carbocycles. The molecule has 1 rings (SSSR count). The Morgan fingerprint density at radius 2 is 0.848 bits per heavy atom. The molecule has 0 amide bonds. The van der Waals surface area contributed by atoms with Crippen molar-refractivity contribution < 1.29 is 58.3 Å². The molecule has 1 aliphatic rings. The second-order valence-electron chi connectivity index (χ2n) is 16.2. The fourth-order valence-electron chi connectivity index (χ4n) is 6.52. The summed E-state index contributed by atoms with van der Waals surface area (Å²) in [7, 11) is -5.05. The van der Waals surface area contributed by atoms with E-state index >= 15 is 0 Å². The zero-order valence-corrected chi connectivity index (χ0v) is 40.8. The standard InChI is InChI=1S/C53H85O12P/c1-3-5-7-9-11-13-15-17-19-21-22-23-24-25-26-27-28-30-32-34-36-38-40-42-47(54)64-46(45-63-66(60,61)65-53-51(58)49(56)48(55)50(57)52(53)59)44-62-43-41-39-37-35-33-31-29-20-18-16-14-12-10-8-6-4-2/h5-8,11-14,17-20,22-23,25-26,28,30-31,33,46,48-53,55-59H,3-4,9-10,15-16,21,24,27,29,32,34-45H2,1-2H3,(H,60,61)/b7-5-,8-6-,13-11-,14-12-,19-17-,20-18-,23-22-,26-25-,30-28-,33-31-. The minimum atomic E-state index is -5.05. The Bertz CT molecular complexity index is 1540. The Hall–Kier alpha value is -3.26. The molecule has 1 fully saturated rings. The van der Waals surface area contributed by atoms with Gasteiger partial charge in [0.1, 0.15) is 42.7 Å². The zero-order chi connectivity index (χ0) is 48.4. The van der Waals surface area contributed by atoms with Crippen LogP contribution < -0.4 is 0 Å². The van der Waals surface area contributed by atoms with Crippen LogP contribution in [0.5, 0.6) is 0 Å². The summed E-state index contributed by atoms with van der Waals surface area (Å²) >= 11 is 0. The predicted octanol–water partition coefficient (Wildman–Crippen LogP) is 10.6. The summed E-state index contributed by atoms with van der Waals surface area (Å²) in [4.78, 5) is 23.2. The highest BCUT2D eigenvalue weighted by molar-refractivity contribution is 7.47. The molecule has 0 saturated heterocycles. The molecule has 0 radical (unpaired) electrons. The number of ether oxygens (including phenoxy) is 2. The molecular weight excluding hydrogens is 860 g/mol. The molecule has 1 saturated carbocycles. The van der Waals surface area contributed by atoms with Gasteiger partial charge in [0.05, 0.1) is 13.2 Å². The maximum atomic E-state index is 12.8. The summed E-state index contributed by atoms with van der Waals surface area (Å²) in [5.41, 5.74) is 0. The number of aliphatic hydroxyl groups excluding tert-OH is 5. The number of carbonyl (C=O) groups is 1. The molecule has 0 spiro atoms. The van der Waals surface area contributed by atoms with Gasteiger partial charge in [-0.2, -0.15) is 0 Å². The topological polar surface area (TPSA) is 192 Å². The first kappa shape index (κ1) is 60.8. The quantitative estimate of drug-likeness (QED) is 0.0148. The van der Waals surface area contributed by atoms with E-state index in [1.54, 1.807) is 0 Å². The average molecular weight is 945 g/mol. The van der Waals surface area contributed by atoms with Crippen molar-refractivity contribution in [2.75, 3.05) is 19.8 Å². The lowest BCUT2D eigenvalue weighted by atomic mass is 9.85. The first-order valence-electron chi connectivity index (χ1n) is 24.4. The van der Waals surface area contributed by atoms with Crippen LogP contribution in [0.4, 0.5) is 0 Å². The number of phosphoric ester groups is 1. The van der Waals surface area contributed by atoms with Gasteiger partial charge in [0.2, 0.25) is 0 Å². The third kappa shape index (κ3) is 33.3. The first-order valence-corrected chi connectivity index (χ1v) is 25.9. The Morgan fingerprint density at radius 1 is 0.485 bits per heavy atom. The van der Waals surface area contributed by atoms with Crippen LogP contribution in [-0.2, 0) is 27.9 Å². The van der Waals surface area contributed by atoms with Crippen LogP contribution >= 0.6 is 7.82 Å². The van der Waals surface area contributed by atoms with Crippen LogP contribution in [0.15, 0.2) is 122 Å². The fraction of sp³-hybridized carbons (Fsp3) is 0.604. The maximum Gasteiger partial charge on any atom is 0.472 e. The van der Waals surface area contributed by atoms with Gasteiger partial charge in [0.25, 0.3) is 0 Å². The van der Waals surface area contributed by atoms with E-state index in [4.69, 9.17) is 18.5 Å². The molecule has 6 atom stereocenters. The second kappa shape index (κ2) is 41.9. The van der Waals surface area contributed by atoms with Gasteiger partial charge in [-0.05, 0) is 103 Å². The van der Waals surface area contributed by atoms with Crippen LogP contribution in [0.25, 0.3) is 0 Å². The molecule has 66 heavy (non-hydrogen) atoms. The van der Waals surface area contributed by atoms with Crippen LogP contribution in [0.1, 0.15) is 142 Å². The van der Waals surface area contributed by atoms with E-state index < -0.39 is 63.1 Å². The Morgan fingerprint density at radius 3 is 1.27 bits per heavy atom. The molecule has 0 aromatic heterocycles. The van der Waals surface area contributed by atoms with Gasteiger partial charge in [-0.25, -0.2) is 4.57 Å². The number of allylic oxidation sites excluding steroid dienone is 20. The fourth-order valence-corrected chi connectivity index (χ4v) is 7.50. The number of aliphatic hydroxyl groups is 5. The van der Waals surface area contributed by atoms with Crippen molar-refractivity contribution in [3.63, 3.8) is 0 Å². The molecule has 0 aromatic rings. The lowest BCUT2D eigenvalue weighted by Crippen LogP contribution is -2.64. The van der Waals surface area contributed by atoms with Crippen LogP contribution in [0.3, 0.4) is 0 Å². The molecule has 6 unspecified atom stereocenters. The highest BCUT2D eigenvalue weighted by atomic mass is 31.2. The number of esters is 1. The van der Waals surface area contributed by atoms with Crippen molar-refractivity contribution in [1.82, 2.24) is 0 Å². The van der Waals surface area contributed by atoms with Gasteiger partial charge >= 0.3 is 13.8 Å². The van der Waals surface area contributed by atoms with E-state index in [0.717, 1.165) is 116 Å². The number of unbranched alkanes of at least 4 members (excludes halogenated alkanes) is 7. The van der Waals surface area contributed by atoms with Gasteiger partial charge in [-0.15, -0.1) is 0 Å². The number of phosphoric acid groups is 1. The summed E-state index contributed by atoms with van der Waals surface area (Å²) < 4.78 is 34.2. The van der Waals surface area contributed by atoms with Gasteiger partial charge in [0, 0.05) is 13.0 Å². The molecule has 12 nitrogen and oxygen atoms in total. The molecule has 0 heterocycles. The zero-order valence-electron chi connectivity index (χ0n) is 39.9. The van der Waals surface area contributed by atoms with Gasteiger partial charge in [0.15, 0.2) is 0 Å². The molecule has 13 heteroatoms. The first-order chi connectivity index (χ1) is 32.0. The van der Waals surface area contributed by atoms with Crippen molar-refractivity contribution in [3.8, 4) is 0 Å². The summed E-state index contributed by atoms with van der Waals surface area (Å²) in [5, 5.41) is 50.3. The summed E-state index contributed by atoms with van der Waals surface area (Å²) in [6.07, 6.45) is 48.3. The number of hydrogen-bond donors (Lipinski definition) is 6. The molecule has 374 valence electrons. The lowest BCUT2D eigenvalue weighted by Gasteiger charge is -2.41. The van der Waals surface area contributed by atoms with Crippen molar-refractivity contribution in [2.45, 2.75) is 185 Å². The van der Waals surface area contributed by atoms with Crippen LogP contribution in [-0.4, -0.2) is 98.9 Å². The predicted molar refractivity (Wildman–Crippen MR) is 266 cm³/mol. The third-order valence-electron chi connectivity index (χ3n) is 10.3. The van der Waals surface area contributed by atoms with Crippen LogP contribution in [0, 0.1) is 0 Å². The number of carbonyl (C=O) groups excluding carboxylic acids is 1. The average Bonchev–Trinajstić information content (AvgIpc) is 3.30. The molecule has 6 N–H and O–H groups in total. The molecular formula is C53H85O12P. The lowest BCUT2D eigenvalue weighted by molar-refractivity contribution is -0.220. The SMILES string of the molecule is CC/C=C\C/C=C\C/C=C\C/C=C\C/C=C\C/C=C\CCCCCCC(=O)OC(COCCCCC/C=C\C/C=C\C/C=C\C/C=C\CC)COP(=O)(O)OC1C(O)C(O)C(O)C(O)C1O.